The molecule has 2 N–H and O–H groups in total. The van der Waals surface area contributed by atoms with Gasteiger partial charge in [0, 0.05) is 10.2 Å². The number of halogens is 1. The van der Waals surface area contributed by atoms with Gasteiger partial charge in [-0.15, -0.1) is 0 Å². The lowest BCUT2D eigenvalue weighted by molar-refractivity contribution is 1.40. The normalized spacial score (nSPS) is 9.80. The topological polar surface area (TPSA) is 26.0 Å². The molecule has 0 heterocycles. The van der Waals surface area contributed by atoms with E-state index < -0.39 is 0 Å². The minimum Gasteiger partial charge on any atom is -0.278 e. The van der Waals surface area contributed by atoms with E-state index in [-0.39, 0.29) is 0 Å². The number of hydrogen-bond donors (Lipinski definition) is 1. The van der Waals surface area contributed by atoms with E-state index in [4.69, 9.17) is 5.14 Å². The first-order valence-electron chi connectivity index (χ1n) is 2.89. The molecule has 1 aromatic rings. The van der Waals surface area contributed by atoms with Crippen LogP contribution in [0.5, 0.6) is 0 Å². The molecule has 0 fully saturated rings. The van der Waals surface area contributed by atoms with Crippen molar-refractivity contribution < 1.29 is 0 Å². The number of rotatable bonds is 2. The van der Waals surface area contributed by atoms with E-state index in [0.29, 0.717) is 0 Å². The Bertz CT molecular complexity index is 197. The zero-order valence-electron chi connectivity index (χ0n) is 5.38. The maximum Gasteiger partial charge on any atom is 0.0328 e. The average Bonchev–Trinajstić information content (AvgIpc) is 1.95. The largest absolute Gasteiger partial charge is 0.278 e. The molecule has 1 aromatic carbocycles. The molecule has 1 rings (SSSR count). The second kappa shape index (κ2) is 4.01. The number of benzene rings is 1. The molecular weight excluding hydrogens is 210 g/mol. The third-order valence-corrected chi connectivity index (χ3v) is 2.19. The fourth-order valence-electron chi connectivity index (χ4n) is 0.677. The predicted molar refractivity (Wildman–Crippen MR) is 49.6 cm³/mol. The molecule has 0 unspecified atom stereocenters. The third kappa shape index (κ3) is 2.33. The first-order chi connectivity index (χ1) is 4.83. The second-order valence-corrected chi connectivity index (χ2v) is 3.48. The van der Waals surface area contributed by atoms with Crippen LogP contribution in [0.1, 0.15) is 5.56 Å². The summed E-state index contributed by atoms with van der Waals surface area (Å²) in [6.45, 7) is 0. The maximum atomic E-state index is 5.30. The fourth-order valence-corrected chi connectivity index (χ4v) is 1.33. The monoisotopic (exact) mass is 217 g/mol. The lowest BCUT2D eigenvalue weighted by Gasteiger charge is -1.95. The Morgan fingerprint density at radius 1 is 1.30 bits per heavy atom. The summed E-state index contributed by atoms with van der Waals surface area (Å²) in [5.41, 5.74) is 1.26. The minimum absolute atomic E-state index is 0.882. The van der Waals surface area contributed by atoms with Gasteiger partial charge in [-0.3, -0.25) is 5.14 Å². The van der Waals surface area contributed by atoms with Crippen LogP contribution in [0.15, 0.2) is 28.7 Å². The Morgan fingerprint density at radius 3 is 2.40 bits per heavy atom. The molecule has 3 heteroatoms. The summed E-state index contributed by atoms with van der Waals surface area (Å²) < 4.78 is 1.11. The van der Waals surface area contributed by atoms with Crippen molar-refractivity contribution in [2.75, 3.05) is 0 Å². The van der Waals surface area contributed by atoms with Crippen LogP contribution in [0.25, 0.3) is 0 Å². The lowest BCUT2D eigenvalue weighted by Crippen LogP contribution is -1.83. The van der Waals surface area contributed by atoms with E-state index in [9.17, 15) is 0 Å². The van der Waals surface area contributed by atoms with Gasteiger partial charge < -0.3 is 0 Å². The molecule has 0 atom stereocenters. The molecule has 54 valence electrons. The molecule has 0 amide bonds. The van der Waals surface area contributed by atoms with Gasteiger partial charge in [0.05, 0.1) is 0 Å². The van der Waals surface area contributed by atoms with Crippen molar-refractivity contribution in [3.8, 4) is 0 Å². The van der Waals surface area contributed by atoms with Crippen LogP contribution in [-0.4, -0.2) is 0 Å². The van der Waals surface area contributed by atoms with Crippen LogP contribution in [0.3, 0.4) is 0 Å². The van der Waals surface area contributed by atoms with Crippen LogP contribution < -0.4 is 5.14 Å². The molecule has 0 spiro atoms. The van der Waals surface area contributed by atoms with Crippen LogP contribution in [0.4, 0.5) is 0 Å². The Kier molecular flexibility index (Phi) is 3.25. The van der Waals surface area contributed by atoms with Crippen molar-refractivity contribution in [2.45, 2.75) is 5.75 Å². The minimum atomic E-state index is 0.882. The molecule has 0 radical (unpaired) electrons. The Labute approximate surface area is 73.3 Å². The summed E-state index contributed by atoms with van der Waals surface area (Å²) in [6.07, 6.45) is 0. The summed E-state index contributed by atoms with van der Waals surface area (Å²) in [5.74, 6) is 0.882. The third-order valence-electron chi connectivity index (χ3n) is 1.16. The van der Waals surface area contributed by atoms with Crippen LogP contribution in [-0.2, 0) is 5.75 Å². The summed E-state index contributed by atoms with van der Waals surface area (Å²) in [4.78, 5) is 0. The summed E-state index contributed by atoms with van der Waals surface area (Å²) in [6, 6.07) is 8.16. The van der Waals surface area contributed by atoms with Gasteiger partial charge in [-0.2, -0.15) is 0 Å². The highest BCUT2D eigenvalue weighted by atomic mass is 79.9. The van der Waals surface area contributed by atoms with Crippen LogP contribution in [0.2, 0.25) is 0 Å². The molecule has 0 bridgehead atoms. The van der Waals surface area contributed by atoms with E-state index >= 15 is 0 Å². The second-order valence-electron chi connectivity index (χ2n) is 1.94. The van der Waals surface area contributed by atoms with Crippen molar-refractivity contribution in [1.29, 1.82) is 0 Å². The molecule has 0 aromatic heterocycles. The van der Waals surface area contributed by atoms with E-state index in [1.807, 2.05) is 12.1 Å². The molecule has 0 aliphatic heterocycles. The molecule has 0 saturated heterocycles. The molecule has 1 nitrogen and oxygen atoms in total. The highest BCUT2D eigenvalue weighted by molar-refractivity contribution is 9.10. The first kappa shape index (κ1) is 8.11. The van der Waals surface area contributed by atoms with E-state index in [2.05, 4.69) is 28.1 Å². The smallest absolute Gasteiger partial charge is 0.0328 e. The molecule has 0 aliphatic carbocycles. The highest BCUT2D eigenvalue weighted by Crippen LogP contribution is 2.12. The first-order valence-corrected chi connectivity index (χ1v) is 4.73. The van der Waals surface area contributed by atoms with Crippen molar-refractivity contribution >= 4 is 27.9 Å². The zero-order valence-corrected chi connectivity index (χ0v) is 7.78. The Morgan fingerprint density at radius 2 is 1.90 bits per heavy atom. The van der Waals surface area contributed by atoms with Gasteiger partial charge in [-0.05, 0) is 17.7 Å². The molecule has 10 heavy (non-hydrogen) atoms. The summed E-state index contributed by atoms with van der Waals surface area (Å²) in [5, 5.41) is 5.30. The standard InChI is InChI=1S/C7H8BrNS/c8-7-3-1-6(2-4-7)5-10-9/h1-4H,5,9H2. The van der Waals surface area contributed by atoms with E-state index in [1.165, 1.54) is 17.5 Å². The van der Waals surface area contributed by atoms with E-state index in [1.54, 1.807) is 0 Å². The van der Waals surface area contributed by atoms with Gasteiger partial charge in [0.15, 0.2) is 0 Å². The SMILES string of the molecule is NSCc1ccc(Br)cc1. The molecular formula is C7H8BrNS. The quantitative estimate of drug-likeness (QED) is 0.772. The highest BCUT2D eigenvalue weighted by Gasteiger charge is 1.89. The number of hydrogen-bond acceptors (Lipinski definition) is 2. The maximum absolute atomic E-state index is 5.30. The van der Waals surface area contributed by atoms with Gasteiger partial charge in [-0.1, -0.05) is 40.0 Å². The van der Waals surface area contributed by atoms with Gasteiger partial charge in [-0.25, -0.2) is 0 Å². The molecule has 0 saturated carbocycles. The zero-order chi connectivity index (χ0) is 7.40. The van der Waals surface area contributed by atoms with Crippen molar-refractivity contribution in [3.05, 3.63) is 34.3 Å². The van der Waals surface area contributed by atoms with Gasteiger partial charge in [0.1, 0.15) is 0 Å². The van der Waals surface area contributed by atoms with Crippen molar-refractivity contribution in [1.82, 2.24) is 0 Å². The Balaban J connectivity index is 2.69. The summed E-state index contributed by atoms with van der Waals surface area (Å²) >= 11 is 4.70. The number of nitrogens with two attached hydrogens (primary N) is 1. The van der Waals surface area contributed by atoms with Gasteiger partial charge >= 0.3 is 0 Å². The van der Waals surface area contributed by atoms with Crippen LogP contribution in [0, 0.1) is 0 Å². The van der Waals surface area contributed by atoms with E-state index in [0.717, 1.165) is 10.2 Å². The fraction of sp³-hybridized carbons (Fsp3) is 0.143. The molecule has 0 aliphatic rings. The Hall–Kier alpha value is 0.01000. The van der Waals surface area contributed by atoms with Gasteiger partial charge in [0.2, 0.25) is 0 Å². The average molecular weight is 218 g/mol. The van der Waals surface area contributed by atoms with Crippen molar-refractivity contribution in [3.63, 3.8) is 0 Å². The predicted octanol–water partition coefficient (Wildman–Crippen LogP) is 2.56. The van der Waals surface area contributed by atoms with Crippen LogP contribution >= 0.6 is 27.9 Å². The van der Waals surface area contributed by atoms with Gasteiger partial charge in [0.25, 0.3) is 0 Å². The lowest BCUT2D eigenvalue weighted by atomic mass is 10.2. The summed E-state index contributed by atoms with van der Waals surface area (Å²) in [7, 11) is 0. The van der Waals surface area contributed by atoms with Crippen molar-refractivity contribution in [2.24, 2.45) is 5.14 Å².